The van der Waals surface area contributed by atoms with Crippen LogP contribution in [0.5, 0.6) is 0 Å². The van der Waals surface area contributed by atoms with E-state index < -0.39 is 11.6 Å². The molecule has 0 nitrogen and oxygen atoms in total. The number of rotatable bonds is 13. The van der Waals surface area contributed by atoms with Crippen LogP contribution in [-0.4, -0.2) is 0 Å². The summed E-state index contributed by atoms with van der Waals surface area (Å²) >= 11 is 0. The standard InChI is InChI=1S/C31H46F2/c1-3-5-6-7-8-9-10-11-13-28-22-23-29(31(33)30(28)32)27-20-18-26(19-21-27)25-16-14-24(12-4-2)15-17-25/h18,20-26H,3-17,19H2,1-2H3/t24-,25-,26?. The summed E-state index contributed by atoms with van der Waals surface area (Å²) in [6.45, 7) is 4.52. The fourth-order valence-electron chi connectivity index (χ4n) is 5.95. The molecule has 0 heterocycles. The van der Waals surface area contributed by atoms with E-state index >= 15 is 0 Å². The summed E-state index contributed by atoms with van der Waals surface area (Å²) in [6, 6.07) is 3.61. The molecular weight excluding hydrogens is 410 g/mol. The molecule has 184 valence electrons. The van der Waals surface area contributed by atoms with Gasteiger partial charge in [-0.25, -0.2) is 8.78 Å². The minimum absolute atomic E-state index is 0.425. The fourth-order valence-corrected chi connectivity index (χ4v) is 5.95. The lowest BCUT2D eigenvalue weighted by atomic mass is 9.72. The monoisotopic (exact) mass is 456 g/mol. The first kappa shape index (κ1) is 26.2. The minimum Gasteiger partial charge on any atom is -0.203 e. The first-order valence-corrected chi connectivity index (χ1v) is 14.0. The molecular formula is C31H46F2. The van der Waals surface area contributed by atoms with Gasteiger partial charge >= 0.3 is 0 Å². The molecule has 1 saturated carbocycles. The lowest BCUT2D eigenvalue weighted by Crippen LogP contribution is -2.21. The Morgan fingerprint density at radius 3 is 2.12 bits per heavy atom. The van der Waals surface area contributed by atoms with E-state index in [0.717, 1.165) is 36.7 Å². The zero-order chi connectivity index (χ0) is 23.5. The Kier molecular flexibility index (Phi) is 11.2. The number of hydrogen-bond acceptors (Lipinski definition) is 0. The van der Waals surface area contributed by atoms with Crippen molar-refractivity contribution in [2.45, 2.75) is 117 Å². The SMILES string of the molecule is CCCCCCCCCCc1ccc(C2=CCC([C@H]3CC[C@H](CCC)CC3)C=C2)c(F)c1F. The van der Waals surface area contributed by atoms with Crippen LogP contribution in [0.25, 0.3) is 5.57 Å². The van der Waals surface area contributed by atoms with Crippen LogP contribution in [0, 0.1) is 29.4 Å². The topological polar surface area (TPSA) is 0 Å². The Bertz CT molecular complexity index is 767. The summed E-state index contributed by atoms with van der Waals surface area (Å²) in [4.78, 5) is 0. The van der Waals surface area contributed by atoms with Crippen molar-refractivity contribution in [2.75, 3.05) is 0 Å². The van der Waals surface area contributed by atoms with Crippen molar-refractivity contribution >= 4 is 5.57 Å². The highest BCUT2D eigenvalue weighted by molar-refractivity contribution is 5.75. The van der Waals surface area contributed by atoms with Crippen LogP contribution >= 0.6 is 0 Å². The van der Waals surface area contributed by atoms with E-state index in [9.17, 15) is 8.78 Å². The molecule has 0 N–H and O–H groups in total. The molecule has 0 bridgehead atoms. The summed E-state index contributed by atoms with van der Waals surface area (Å²) in [7, 11) is 0. The van der Waals surface area contributed by atoms with Gasteiger partial charge in [-0.2, -0.15) is 0 Å². The van der Waals surface area contributed by atoms with Gasteiger partial charge in [-0.05, 0) is 61.0 Å². The van der Waals surface area contributed by atoms with Gasteiger partial charge in [0.25, 0.3) is 0 Å². The van der Waals surface area contributed by atoms with Crippen molar-refractivity contribution in [2.24, 2.45) is 17.8 Å². The van der Waals surface area contributed by atoms with Gasteiger partial charge in [0.1, 0.15) is 0 Å². The summed E-state index contributed by atoms with van der Waals surface area (Å²) in [5.41, 5.74) is 1.80. The van der Waals surface area contributed by atoms with Crippen molar-refractivity contribution in [1.82, 2.24) is 0 Å². The largest absolute Gasteiger partial charge is 0.203 e. The smallest absolute Gasteiger partial charge is 0.166 e. The van der Waals surface area contributed by atoms with Gasteiger partial charge in [-0.1, -0.05) is 115 Å². The summed E-state index contributed by atoms with van der Waals surface area (Å²) < 4.78 is 29.7. The fraction of sp³-hybridized carbons (Fsp3) is 0.677. The van der Waals surface area contributed by atoms with Crippen LogP contribution in [0.2, 0.25) is 0 Å². The van der Waals surface area contributed by atoms with Gasteiger partial charge < -0.3 is 0 Å². The highest BCUT2D eigenvalue weighted by Crippen LogP contribution is 2.40. The molecule has 1 aromatic carbocycles. The molecule has 0 aromatic heterocycles. The van der Waals surface area contributed by atoms with Crippen LogP contribution < -0.4 is 0 Å². The molecule has 0 aliphatic heterocycles. The van der Waals surface area contributed by atoms with Gasteiger partial charge in [0, 0.05) is 5.56 Å². The van der Waals surface area contributed by atoms with E-state index in [0.29, 0.717) is 23.5 Å². The lowest BCUT2D eigenvalue weighted by molar-refractivity contribution is 0.221. The first-order chi connectivity index (χ1) is 16.1. The quantitative estimate of drug-likeness (QED) is 0.259. The zero-order valence-electron chi connectivity index (χ0n) is 21.2. The predicted molar refractivity (Wildman–Crippen MR) is 138 cm³/mol. The second kappa shape index (κ2) is 14.1. The third kappa shape index (κ3) is 7.79. The summed E-state index contributed by atoms with van der Waals surface area (Å²) in [5, 5.41) is 0. The molecule has 1 unspecified atom stereocenters. The number of halogens is 2. The molecule has 3 rings (SSSR count). The van der Waals surface area contributed by atoms with E-state index in [1.165, 1.54) is 77.0 Å². The van der Waals surface area contributed by atoms with Crippen LogP contribution in [0.15, 0.2) is 30.4 Å². The second-order valence-electron chi connectivity index (χ2n) is 10.6. The van der Waals surface area contributed by atoms with Crippen LogP contribution in [-0.2, 0) is 6.42 Å². The molecule has 1 fully saturated rings. The normalized spacial score (nSPS) is 23.0. The van der Waals surface area contributed by atoms with Gasteiger partial charge in [0.2, 0.25) is 0 Å². The third-order valence-corrected chi connectivity index (χ3v) is 8.10. The molecule has 0 amide bonds. The molecule has 0 spiro atoms. The number of hydrogen-bond donors (Lipinski definition) is 0. The first-order valence-electron chi connectivity index (χ1n) is 14.0. The van der Waals surface area contributed by atoms with E-state index in [1.807, 2.05) is 12.1 Å². The Labute approximate surface area is 201 Å². The van der Waals surface area contributed by atoms with Crippen molar-refractivity contribution in [3.05, 3.63) is 53.1 Å². The molecule has 2 heteroatoms. The Morgan fingerprint density at radius 2 is 1.48 bits per heavy atom. The maximum atomic E-state index is 14.9. The molecule has 2 aliphatic rings. The number of allylic oxidation sites excluding steroid dienone is 4. The number of benzene rings is 1. The van der Waals surface area contributed by atoms with Crippen molar-refractivity contribution in [1.29, 1.82) is 0 Å². The minimum atomic E-state index is -0.665. The predicted octanol–water partition coefficient (Wildman–Crippen LogP) is 10.2. The highest BCUT2D eigenvalue weighted by atomic mass is 19.2. The van der Waals surface area contributed by atoms with E-state index in [2.05, 4.69) is 26.0 Å². The summed E-state index contributed by atoms with van der Waals surface area (Å²) in [6.07, 6.45) is 25.8. The van der Waals surface area contributed by atoms with E-state index in [1.54, 1.807) is 6.07 Å². The van der Waals surface area contributed by atoms with Gasteiger partial charge in [0.05, 0.1) is 0 Å². The Hall–Kier alpha value is -1.44. The zero-order valence-corrected chi connectivity index (χ0v) is 21.2. The number of aryl methyl sites for hydroxylation is 1. The average Bonchev–Trinajstić information content (AvgIpc) is 2.84. The van der Waals surface area contributed by atoms with Crippen LogP contribution in [0.3, 0.4) is 0 Å². The number of unbranched alkanes of at least 4 members (excludes halogenated alkanes) is 7. The molecule has 0 saturated heterocycles. The molecule has 1 atom stereocenters. The highest BCUT2D eigenvalue weighted by Gasteiger charge is 2.27. The van der Waals surface area contributed by atoms with Crippen molar-refractivity contribution in [3.8, 4) is 0 Å². The Balaban J connectivity index is 1.46. The molecule has 2 aliphatic carbocycles. The lowest BCUT2D eigenvalue weighted by Gasteiger charge is -2.33. The van der Waals surface area contributed by atoms with Gasteiger partial charge in [-0.15, -0.1) is 0 Å². The van der Waals surface area contributed by atoms with E-state index in [-0.39, 0.29) is 0 Å². The van der Waals surface area contributed by atoms with Crippen LogP contribution in [0.1, 0.15) is 121 Å². The van der Waals surface area contributed by atoms with Crippen molar-refractivity contribution < 1.29 is 8.78 Å². The van der Waals surface area contributed by atoms with Gasteiger partial charge in [-0.3, -0.25) is 0 Å². The van der Waals surface area contributed by atoms with Gasteiger partial charge in [0.15, 0.2) is 11.6 Å². The van der Waals surface area contributed by atoms with Crippen LogP contribution in [0.4, 0.5) is 8.78 Å². The Morgan fingerprint density at radius 1 is 0.788 bits per heavy atom. The second-order valence-corrected chi connectivity index (χ2v) is 10.6. The molecule has 1 aromatic rings. The molecule has 0 radical (unpaired) electrons. The molecule has 33 heavy (non-hydrogen) atoms. The van der Waals surface area contributed by atoms with E-state index in [4.69, 9.17) is 0 Å². The summed E-state index contributed by atoms with van der Waals surface area (Å²) in [5.74, 6) is 0.933. The van der Waals surface area contributed by atoms with Crippen molar-refractivity contribution in [3.63, 3.8) is 0 Å². The average molecular weight is 457 g/mol. The maximum Gasteiger partial charge on any atom is 0.166 e. The third-order valence-electron chi connectivity index (χ3n) is 8.10. The maximum absolute atomic E-state index is 14.9.